The van der Waals surface area contributed by atoms with Crippen LogP contribution < -0.4 is 4.90 Å². The van der Waals surface area contributed by atoms with Gasteiger partial charge in [-0.15, -0.1) is 0 Å². The number of benzene rings is 2. The van der Waals surface area contributed by atoms with E-state index in [0.717, 1.165) is 22.4 Å². The number of pyridine rings is 1. The van der Waals surface area contributed by atoms with Gasteiger partial charge in [0.05, 0.1) is 16.1 Å². The topological polar surface area (TPSA) is 87.7 Å². The van der Waals surface area contributed by atoms with Gasteiger partial charge < -0.3 is 4.90 Å². The second kappa shape index (κ2) is 7.99. The standard InChI is InChI=1S/C21H15ClF3N3O4S/c1-12-19(29)28(14-6-8-15(9-7-14)33(31,32)21(23,24)25)20(30)27(12)11-13-10-18(22)26-17-5-3-2-4-16(13)17/h2-10,12H,11H2,1H3. The summed E-state index contributed by atoms with van der Waals surface area (Å²) in [5.41, 5.74) is -4.23. The normalized spacial score (nSPS) is 17.3. The molecule has 3 aromatic rings. The van der Waals surface area contributed by atoms with E-state index in [1.54, 1.807) is 30.3 Å². The Labute approximate surface area is 191 Å². The second-order valence-corrected chi connectivity index (χ2v) is 9.65. The number of halogens is 4. The molecule has 1 fully saturated rings. The van der Waals surface area contributed by atoms with Crippen LogP contribution in [0.1, 0.15) is 12.5 Å². The average Bonchev–Trinajstić information content (AvgIpc) is 2.96. The van der Waals surface area contributed by atoms with Crippen LogP contribution in [0.15, 0.2) is 59.5 Å². The molecule has 0 spiro atoms. The molecule has 4 rings (SSSR count). The number of amides is 3. The zero-order valence-corrected chi connectivity index (χ0v) is 18.4. The summed E-state index contributed by atoms with van der Waals surface area (Å²) in [6, 6.07) is 10.6. The Morgan fingerprint density at radius 2 is 1.70 bits per heavy atom. The van der Waals surface area contributed by atoms with Gasteiger partial charge >= 0.3 is 11.5 Å². The summed E-state index contributed by atoms with van der Waals surface area (Å²) in [5, 5.41) is 0.960. The fourth-order valence-corrected chi connectivity index (χ4v) is 4.57. The third-order valence-corrected chi connectivity index (χ3v) is 7.00. The highest BCUT2D eigenvalue weighted by molar-refractivity contribution is 7.92. The maximum absolute atomic E-state index is 13.1. The molecule has 1 saturated heterocycles. The molecule has 12 heteroatoms. The van der Waals surface area contributed by atoms with E-state index in [4.69, 9.17) is 11.6 Å². The first-order chi connectivity index (χ1) is 15.4. The predicted octanol–water partition coefficient (Wildman–Crippen LogP) is 4.54. The van der Waals surface area contributed by atoms with Gasteiger partial charge in [0.15, 0.2) is 0 Å². The van der Waals surface area contributed by atoms with Crippen molar-refractivity contribution in [3.05, 3.63) is 65.3 Å². The number of carbonyl (C=O) groups is 2. The van der Waals surface area contributed by atoms with E-state index in [1.165, 1.54) is 11.8 Å². The number of nitrogens with zero attached hydrogens (tertiary/aromatic N) is 3. The summed E-state index contributed by atoms with van der Waals surface area (Å²) in [5.74, 6) is -0.601. The second-order valence-electron chi connectivity index (χ2n) is 7.32. The summed E-state index contributed by atoms with van der Waals surface area (Å²) >= 11 is 6.10. The Balaban J connectivity index is 1.65. The van der Waals surface area contributed by atoms with Crippen LogP contribution in [0.25, 0.3) is 10.9 Å². The minimum Gasteiger partial charge on any atom is -0.308 e. The zero-order valence-electron chi connectivity index (χ0n) is 16.9. The monoisotopic (exact) mass is 497 g/mol. The van der Waals surface area contributed by atoms with Crippen LogP contribution in [0.5, 0.6) is 0 Å². The van der Waals surface area contributed by atoms with Gasteiger partial charge in [-0.2, -0.15) is 13.2 Å². The zero-order chi connectivity index (χ0) is 24.1. The summed E-state index contributed by atoms with van der Waals surface area (Å²) in [4.78, 5) is 31.2. The van der Waals surface area contributed by atoms with E-state index in [2.05, 4.69) is 4.98 Å². The molecule has 3 amide bonds. The quantitative estimate of drug-likeness (QED) is 0.390. The van der Waals surface area contributed by atoms with E-state index < -0.39 is 38.2 Å². The van der Waals surface area contributed by atoms with Crippen LogP contribution in [0.4, 0.5) is 23.7 Å². The molecule has 1 unspecified atom stereocenters. The molecule has 0 saturated carbocycles. The van der Waals surface area contributed by atoms with E-state index in [-0.39, 0.29) is 17.4 Å². The first-order valence-electron chi connectivity index (χ1n) is 9.52. The van der Waals surface area contributed by atoms with E-state index in [1.807, 2.05) is 0 Å². The highest BCUT2D eigenvalue weighted by Gasteiger charge is 2.47. The Bertz CT molecular complexity index is 1380. The molecule has 1 aliphatic rings. The minimum atomic E-state index is -5.55. The Morgan fingerprint density at radius 3 is 2.33 bits per heavy atom. The highest BCUT2D eigenvalue weighted by Crippen LogP contribution is 2.33. The summed E-state index contributed by atoms with van der Waals surface area (Å²) in [7, 11) is -5.55. The van der Waals surface area contributed by atoms with Crippen LogP contribution in [0, 0.1) is 0 Å². The minimum absolute atomic E-state index is 0.0333. The maximum atomic E-state index is 13.1. The average molecular weight is 498 g/mol. The number of fused-ring (bicyclic) bond motifs is 1. The van der Waals surface area contributed by atoms with Crippen LogP contribution in [0.3, 0.4) is 0 Å². The number of anilines is 1. The van der Waals surface area contributed by atoms with E-state index >= 15 is 0 Å². The molecule has 2 heterocycles. The first kappa shape index (κ1) is 23.0. The molecular weight excluding hydrogens is 483 g/mol. The third kappa shape index (κ3) is 3.91. The van der Waals surface area contributed by atoms with Crippen molar-refractivity contribution in [3.63, 3.8) is 0 Å². The van der Waals surface area contributed by atoms with E-state index in [0.29, 0.717) is 23.2 Å². The SMILES string of the molecule is CC1C(=O)N(c2ccc(S(=O)(=O)C(F)(F)F)cc2)C(=O)N1Cc1cc(Cl)nc2ccccc12. The van der Waals surface area contributed by atoms with Crippen LogP contribution in [-0.2, 0) is 21.2 Å². The molecule has 33 heavy (non-hydrogen) atoms. The van der Waals surface area contributed by atoms with Crippen LogP contribution in [0.2, 0.25) is 5.15 Å². The van der Waals surface area contributed by atoms with Gasteiger partial charge in [-0.25, -0.2) is 23.1 Å². The highest BCUT2D eigenvalue weighted by atomic mass is 35.5. The molecule has 7 nitrogen and oxygen atoms in total. The number of para-hydroxylation sites is 1. The number of hydrogen-bond acceptors (Lipinski definition) is 5. The Hall–Kier alpha value is -3.18. The number of rotatable bonds is 4. The van der Waals surface area contributed by atoms with E-state index in [9.17, 15) is 31.2 Å². The van der Waals surface area contributed by atoms with Crippen molar-refractivity contribution >= 4 is 50.0 Å². The van der Waals surface area contributed by atoms with Gasteiger partial charge in [-0.05, 0) is 48.9 Å². The molecule has 1 aliphatic heterocycles. The Morgan fingerprint density at radius 1 is 1.06 bits per heavy atom. The lowest BCUT2D eigenvalue weighted by molar-refractivity contribution is -0.119. The van der Waals surface area contributed by atoms with Gasteiger partial charge in [0, 0.05) is 11.9 Å². The van der Waals surface area contributed by atoms with Crippen molar-refractivity contribution in [2.45, 2.75) is 29.9 Å². The maximum Gasteiger partial charge on any atom is 0.501 e. The fourth-order valence-electron chi connectivity index (χ4n) is 3.58. The predicted molar refractivity (Wildman–Crippen MR) is 114 cm³/mol. The number of aromatic nitrogens is 1. The van der Waals surface area contributed by atoms with Gasteiger partial charge in [-0.3, -0.25) is 4.79 Å². The van der Waals surface area contributed by atoms with Crippen molar-refractivity contribution in [3.8, 4) is 0 Å². The lowest BCUT2D eigenvalue weighted by Gasteiger charge is -2.20. The number of sulfone groups is 1. The smallest absolute Gasteiger partial charge is 0.308 e. The van der Waals surface area contributed by atoms with Crippen LogP contribution in [-0.4, -0.2) is 41.8 Å². The molecule has 1 atom stereocenters. The summed E-state index contributed by atoms with van der Waals surface area (Å²) in [6.45, 7) is 1.55. The van der Waals surface area contributed by atoms with Gasteiger partial charge in [0.1, 0.15) is 11.2 Å². The van der Waals surface area contributed by atoms with Crippen molar-refractivity contribution in [2.75, 3.05) is 4.90 Å². The van der Waals surface area contributed by atoms with Gasteiger partial charge in [0.25, 0.3) is 15.7 Å². The lowest BCUT2D eigenvalue weighted by Crippen LogP contribution is -2.33. The first-order valence-corrected chi connectivity index (χ1v) is 11.4. The molecule has 1 aromatic heterocycles. The molecule has 0 N–H and O–H groups in total. The molecule has 0 aliphatic carbocycles. The number of urea groups is 1. The number of imide groups is 1. The molecule has 0 bridgehead atoms. The van der Waals surface area contributed by atoms with Crippen molar-refractivity contribution in [2.24, 2.45) is 0 Å². The summed E-state index contributed by atoms with van der Waals surface area (Å²) < 4.78 is 61.4. The van der Waals surface area contributed by atoms with Gasteiger partial charge in [-0.1, -0.05) is 29.8 Å². The van der Waals surface area contributed by atoms with Crippen molar-refractivity contribution in [1.29, 1.82) is 0 Å². The fraction of sp³-hybridized carbons (Fsp3) is 0.190. The Kier molecular flexibility index (Phi) is 5.57. The van der Waals surface area contributed by atoms with Crippen molar-refractivity contribution < 1.29 is 31.2 Å². The van der Waals surface area contributed by atoms with Gasteiger partial charge in [0.2, 0.25) is 0 Å². The number of alkyl halides is 3. The van der Waals surface area contributed by atoms with Crippen molar-refractivity contribution in [1.82, 2.24) is 9.88 Å². The third-order valence-electron chi connectivity index (χ3n) is 5.30. The number of carbonyl (C=O) groups excluding carboxylic acids is 2. The van der Waals surface area contributed by atoms with Crippen LogP contribution >= 0.6 is 11.6 Å². The number of hydrogen-bond donors (Lipinski definition) is 0. The lowest BCUT2D eigenvalue weighted by atomic mass is 10.1. The molecule has 0 radical (unpaired) electrons. The largest absolute Gasteiger partial charge is 0.501 e. The summed E-state index contributed by atoms with van der Waals surface area (Å²) in [6.07, 6.45) is 0. The molecular formula is C21H15ClF3N3O4S. The molecule has 172 valence electrons. The molecule has 2 aromatic carbocycles.